The van der Waals surface area contributed by atoms with Gasteiger partial charge in [0.1, 0.15) is 0 Å². The lowest BCUT2D eigenvalue weighted by Crippen LogP contribution is -2.38. The molecule has 0 atom stereocenters. The predicted molar refractivity (Wildman–Crippen MR) is 70.6 cm³/mol. The molecule has 0 amide bonds. The molecule has 17 heavy (non-hydrogen) atoms. The number of alkyl halides is 1. The Balaban J connectivity index is 2.73. The highest BCUT2D eigenvalue weighted by Crippen LogP contribution is 2.28. The quantitative estimate of drug-likeness (QED) is 0.752. The molecular weight excluding hydrogens is 306 g/mol. The van der Waals surface area contributed by atoms with Crippen LogP contribution in [-0.4, -0.2) is 30.3 Å². The zero-order valence-corrected chi connectivity index (χ0v) is 12.4. The molecule has 0 aliphatic heterocycles. The van der Waals surface area contributed by atoms with Crippen LogP contribution < -0.4 is 4.72 Å². The third-order valence-corrected chi connectivity index (χ3v) is 5.70. The summed E-state index contributed by atoms with van der Waals surface area (Å²) in [5, 5.41) is 0.881. The number of H-pyrrole nitrogens is 1. The van der Waals surface area contributed by atoms with E-state index >= 15 is 0 Å². The molecule has 0 unspecified atom stereocenters. The number of aromatic nitrogens is 2. The average Bonchev–Trinajstić information content (AvgIpc) is 2.86. The number of hydrogen-bond acceptors (Lipinski definition) is 3. The third kappa shape index (κ3) is 3.53. The summed E-state index contributed by atoms with van der Waals surface area (Å²) in [5.41, 5.74) is -0.0346. The Morgan fingerprint density at radius 2 is 2.12 bits per heavy atom. The Labute approximate surface area is 111 Å². The molecule has 0 spiro atoms. The second-order valence-corrected chi connectivity index (χ2v) is 6.38. The first kappa shape index (κ1) is 14.7. The van der Waals surface area contributed by atoms with Gasteiger partial charge in [-0.05, 0) is 18.3 Å². The summed E-state index contributed by atoms with van der Waals surface area (Å²) in [7, 11) is -3.47. The van der Waals surface area contributed by atoms with Gasteiger partial charge in [0.2, 0.25) is 0 Å². The minimum absolute atomic E-state index is 0.0346. The molecule has 0 aromatic carbocycles. The van der Waals surface area contributed by atoms with Crippen molar-refractivity contribution in [1.29, 1.82) is 0 Å². The lowest BCUT2D eigenvalue weighted by atomic mass is 9.85. The standard InChI is InChI=1S/C10H18BrN3O2S/c1-3-10(4-2,6-11)7-14-17(15,16)9-5-12-8-13-9/h5,8,14H,3-4,6-7H2,1-2H3,(H,12,13). The van der Waals surface area contributed by atoms with Gasteiger partial charge in [-0.2, -0.15) is 0 Å². The van der Waals surface area contributed by atoms with Gasteiger partial charge in [0.15, 0.2) is 5.03 Å². The first-order chi connectivity index (χ1) is 7.99. The number of halogens is 1. The van der Waals surface area contributed by atoms with E-state index in [1.807, 2.05) is 0 Å². The van der Waals surface area contributed by atoms with E-state index in [9.17, 15) is 8.42 Å². The molecule has 0 fully saturated rings. The van der Waals surface area contributed by atoms with E-state index in [-0.39, 0.29) is 10.4 Å². The maximum Gasteiger partial charge on any atom is 0.257 e. The van der Waals surface area contributed by atoms with Crippen LogP contribution in [0.25, 0.3) is 0 Å². The first-order valence-electron chi connectivity index (χ1n) is 5.53. The maximum atomic E-state index is 11.9. The van der Waals surface area contributed by atoms with E-state index in [0.717, 1.165) is 18.2 Å². The normalized spacial score (nSPS) is 12.9. The predicted octanol–water partition coefficient (Wildman–Crippen LogP) is 1.89. The van der Waals surface area contributed by atoms with Crippen LogP contribution in [0.4, 0.5) is 0 Å². The van der Waals surface area contributed by atoms with Gasteiger partial charge in [0, 0.05) is 11.9 Å². The summed E-state index contributed by atoms with van der Waals surface area (Å²) < 4.78 is 26.4. The Morgan fingerprint density at radius 3 is 2.53 bits per heavy atom. The van der Waals surface area contributed by atoms with Gasteiger partial charge in [0.05, 0.1) is 12.5 Å². The first-order valence-corrected chi connectivity index (χ1v) is 8.14. The molecular formula is C10H18BrN3O2S. The lowest BCUT2D eigenvalue weighted by molar-refractivity contribution is 0.309. The van der Waals surface area contributed by atoms with E-state index in [2.05, 4.69) is 44.5 Å². The monoisotopic (exact) mass is 323 g/mol. The fraction of sp³-hybridized carbons (Fsp3) is 0.700. The van der Waals surface area contributed by atoms with Crippen LogP contribution in [0.1, 0.15) is 26.7 Å². The SMILES string of the molecule is CCC(CC)(CBr)CNS(=O)(=O)c1cnc[nH]1. The van der Waals surface area contributed by atoms with Crippen molar-refractivity contribution in [3.05, 3.63) is 12.5 Å². The van der Waals surface area contributed by atoms with Gasteiger partial charge in [-0.3, -0.25) is 0 Å². The van der Waals surface area contributed by atoms with Gasteiger partial charge in [-0.25, -0.2) is 18.1 Å². The largest absolute Gasteiger partial charge is 0.335 e. The second kappa shape index (κ2) is 5.97. The highest BCUT2D eigenvalue weighted by atomic mass is 79.9. The Kier molecular flexibility index (Phi) is 5.15. The lowest BCUT2D eigenvalue weighted by Gasteiger charge is -2.29. The van der Waals surface area contributed by atoms with E-state index in [1.165, 1.54) is 12.5 Å². The Bertz CT molecular complexity index is 418. The van der Waals surface area contributed by atoms with Crippen molar-refractivity contribution >= 4 is 26.0 Å². The summed E-state index contributed by atoms with van der Waals surface area (Å²) in [6.45, 7) is 4.55. The van der Waals surface area contributed by atoms with E-state index in [0.29, 0.717) is 6.54 Å². The Morgan fingerprint density at radius 1 is 1.47 bits per heavy atom. The minimum Gasteiger partial charge on any atom is -0.335 e. The maximum absolute atomic E-state index is 11.9. The number of rotatable bonds is 7. The minimum atomic E-state index is -3.47. The fourth-order valence-corrected chi connectivity index (χ4v) is 3.50. The number of sulfonamides is 1. The topological polar surface area (TPSA) is 74.8 Å². The molecule has 0 saturated heterocycles. The van der Waals surface area contributed by atoms with Gasteiger partial charge in [-0.1, -0.05) is 29.8 Å². The van der Waals surface area contributed by atoms with Crippen molar-refractivity contribution < 1.29 is 8.42 Å². The van der Waals surface area contributed by atoms with Crippen LogP contribution in [-0.2, 0) is 10.0 Å². The number of nitrogens with zero attached hydrogens (tertiary/aromatic N) is 1. The Hall–Kier alpha value is -0.400. The molecule has 1 rings (SSSR count). The van der Waals surface area contributed by atoms with E-state index in [1.54, 1.807) is 0 Å². The van der Waals surface area contributed by atoms with Crippen molar-refractivity contribution in [3.63, 3.8) is 0 Å². The summed E-state index contributed by atoms with van der Waals surface area (Å²) >= 11 is 3.45. The highest BCUT2D eigenvalue weighted by molar-refractivity contribution is 9.09. The molecule has 0 bridgehead atoms. The number of hydrogen-bond donors (Lipinski definition) is 2. The van der Waals surface area contributed by atoms with Crippen molar-refractivity contribution in [2.75, 3.05) is 11.9 Å². The van der Waals surface area contributed by atoms with Crippen molar-refractivity contribution in [2.45, 2.75) is 31.7 Å². The van der Waals surface area contributed by atoms with Gasteiger partial charge < -0.3 is 4.98 Å². The van der Waals surface area contributed by atoms with Gasteiger partial charge in [-0.15, -0.1) is 0 Å². The molecule has 0 aliphatic carbocycles. The highest BCUT2D eigenvalue weighted by Gasteiger charge is 2.27. The number of aromatic amines is 1. The van der Waals surface area contributed by atoms with Crippen LogP contribution in [0.3, 0.4) is 0 Å². The van der Waals surface area contributed by atoms with Gasteiger partial charge >= 0.3 is 0 Å². The molecule has 5 nitrogen and oxygen atoms in total. The summed E-state index contributed by atoms with van der Waals surface area (Å²) in [6.07, 6.45) is 4.49. The molecule has 7 heteroatoms. The molecule has 0 saturated carbocycles. The molecule has 2 N–H and O–H groups in total. The van der Waals surface area contributed by atoms with Crippen molar-refractivity contribution in [1.82, 2.24) is 14.7 Å². The fourth-order valence-electron chi connectivity index (χ4n) is 1.45. The smallest absolute Gasteiger partial charge is 0.257 e. The summed E-state index contributed by atoms with van der Waals surface area (Å²) in [5.74, 6) is 0. The van der Waals surface area contributed by atoms with Crippen LogP contribution in [0.5, 0.6) is 0 Å². The number of nitrogens with one attached hydrogen (secondary N) is 2. The van der Waals surface area contributed by atoms with E-state index in [4.69, 9.17) is 0 Å². The zero-order chi connectivity index (χ0) is 12.9. The molecule has 1 aromatic rings. The van der Waals surface area contributed by atoms with E-state index < -0.39 is 10.0 Å². The average molecular weight is 324 g/mol. The van der Waals surface area contributed by atoms with Crippen LogP contribution >= 0.6 is 15.9 Å². The second-order valence-electron chi connectivity index (χ2n) is 4.08. The molecule has 0 aliphatic rings. The summed E-state index contributed by atoms with van der Waals surface area (Å²) in [6, 6.07) is 0. The van der Waals surface area contributed by atoms with Crippen LogP contribution in [0.15, 0.2) is 17.6 Å². The summed E-state index contributed by atoms with van der Waals surface area (Å²) in [4.78, 5) is 6.30. The molecule has 98 valence electrons. The van der Waals surface area contributed by atoms with Gasteiger partial charge in [0.25, 0.3) is 10.0 Å². The van der Waals surface area contributed by atoms with Crippen LogP contribution in [0, 0.1) is 5.41 Å². The molecule has 1 heterocycles. The van der Waals surface area contributed by atoms with Crippen molar-refractivity contribution in [3.8, 4) is 0 Å². The zero-order valence-electron chi connectivity index (χ0n) is 10.0. The van der Waals surface area contributed by atoms with Crippen molar-refractivity contribution in [2.24, 2.45) is 5.41 Å². The molecule has 1 aromatic heterocycles. The van der Waals surface area contributed by atoms with Crippen LogP contribution in [0.2, 0.25) is 0 Å². The number of imidazole rings is 1. The molecule has 0 radical (unpaired) electrons. The third-order valence-electron chi connectivity index (χ3n) is 3.18.